The molecule has 1 aromatic heterocycles. The molecule has 1 heterocycles. The van der Waals surface area contributed by atoms with Gasteiger partial charge in [-0.1, -0.05) is 193 Å². The van der Waals surface area contributed by atoms with Crippen LogP contribution in [0, 0.1) is 45.8 Å². The van der Waals surface area contributed by atoms with Crippen molar-refractivity contribution >= 4 is 28.8 Å². The predicted octanol–water partition coefficient (Wildman–Crippen LogP) is 26.0. The Hall–Kier alpha value is -9.08. The van der Waals surface area contributed by atoms with Gasteiger partial charge in [-0.15, -0.1) is 6.58 Å². The average molecular weight is 1430 g/mol. The molecule has 0 spiro atoms. The second-order valence-corrected chi connectivity index (χ2v) is 34.4. The van der Waals surface area contributed by atoms with Crippen LogP contribution < -0.4 is 9.64 Å². The van der Waals surface area contributed by atoms with Gasteiger partial charge in [0.15, 0.2) is 6.17 Å². The summed E-state index contributed by atoms with van der Waals surface area (Å²) in [6.45, 7) is 22.0. The number of hydrogen-bond donors (Lipinski definition) is 0. The van der Waals surface area contributed by atoms with Gasteiger partial charge in [-0.05, 0) is 241 Å². The lowest BCUT2D eigenvalue weighted by molar-refractivity contribution is 0.130. The molecule has 13 aliphatic rings. The molecule has 17 rings (SSSR count). The van der Waals surface area contributed by atoms with Gasteiger partial charge in [-0.2, -0.15) is 0 Å². The zero-order valence-corrected chi connectivity index (χ0v) is 63.2. The zero-order valence-electron chi connectivity index (χ0n) is 63.2. The molecule has 0 amide bonds. The van der Waals surface area contributed by atoms with E-state index in [4.69, 9.17) is 13.9 Å². The minimum Gasteiger partial charge on any atom is -0.487 e. The molecule has 12 unspecified atom stereocenters. The lowest BCUT2D eigenvalue weighted by Gasteiger charge is -2.48. The molecule has 0 radical (unpaired) electrons. The zero-order chi connectivity index (χ0) is 73.7. The van der Waals surface area contributed by atoms with E-state index in [1.807, 2.05) is 42.5 Å². The molecule has 12 atom stereocenters. The molecule has 550 valence electrons. The third kappa shape index (κ3) is 12.6. The minimum absolute atomic E-state index is 0.0172. The van der Waals surface area contributed by atoms with Crippen LogP contribution in [0.15, 0.2) is 297 Å². The van der Waals surface area contributed by atoms with Gasteiger partial charge < -0.3 is 23.7 Å². The molecule has 3 aromatic carbocycles. The van der Waals surface area contributed by atoms with Crippen LogP contribution in [-0.2, 0) is 16.6 Å². The predicted molar refractivity (Wildman–Crippen MR) is 429 cm³/mol. The fraction of sp³-hybridized carbons (Fsp3) is 0.388. The monoisotopic (exact) mass is 1430 g/mol. The summed E-state index contributed by atoms with van der Waals surface area (Å²) in [5.41, 5.74) is 17.9. The second-order valence-electron chi connectivity index (χ2n) is 34.4. The van der Waals surface area contributed by atoms with Gasteiger partial charge in [0.25, 0.3) is 0 Å². The van der Waals surface area contributed by atoms with Crippen LogP contribution in [0.2, 0.25) is 0 Å². The summed E-state index contributed by atoms with van der Waals surface area (Å²) >= 11 is 0. The van der Waals surface area contributed by atoms with Gasteiger partial charge in [0.1, 0.15) is 52.2 Å². The molecular weight excluding hydrogens is 1330 g/mol. The number of halogens is 4. The Balaban J connectivity index is 0.737. The standard InChI is InChI=1S/C98H102F4N2O3/c1-9-61-19-41-75(42-20-61)105-77-45-31-67(32-46-77)97(65-27-23-63(24-28-65)95(3,4)5)85-17-13-11-15-79(85)81-49-35-69(55-87(81)97)103(71-39-53-89(99)91(101)57-71)73-37-51-83-84-52-38-74(60-94(84)107-93(83)59-73)104(72-40-54-90(100)92(102)58-72)70-36-50-82-80-16-12-14-18-86(80)98(88(82)56-70,66-29-25-64(26-30-66)96(6,7)8)68-33-47-78(48-34-68)106-76-43-21-62(10-2)22-44-76/h9-13,15-17,19,21-23,25,27-31,33,37-39,41-45,47,51-52,55-57,59,61,63-64,67,72,74,77,81,87,89H,1-2,14,18,20,24,26,32,34-36,40,46,48-50,53-54,58,60H2,3-8H3. The first kappa shape index (κ1) is 70.9. The van der Waals surface area contributed by atoms with E-state index in [0.717, 1.165) is 134 Å². The van der Waals surface area contributed by atoms with Crippen LogP contribution in [0.25, 0.3) is 23.1 Å². The normalized spacial score (nSPS) is 30.2. The Kier molecular flexibility index (Phi) is 18.7. The largest absolute Gasteiger partial charge is 0.487 e. The number of allylic oxidation sites excluding steroid dienone is 31. The van der Waals surface area contributed by atoms with Crippen molar-refractivity contribution in [2.45, 2.75) is 193 Å². The van der Waals surface area contributed by atoms with Crippen LogP contribution in [0.3, 0.4) is 0 Å². The van der Waals surface area contributed by atoms with E-state index in [1.54, 1.807) is 0 Å². The van der Waals surface area contributed by atoms with Crippen LogP contribution in [-0.4, -0.2) is 29.3 Å². The van der Waals surface area contributed by atoms with Crippen molar-refractivity contribution in [3.05, 3.63) is 321 Å². The highest BCUT2D eigenvalue weighted by Crippen LogP contribution is 2.67. The van der Waals surface area contributed by atoms with E-state index in [1.165, 1.54) is 56.2 Å². The van der Waals surface area contributed by atoms with Crippen molar-refractivity contribution in [1.82, 2.24) is 4.90 Å². The number of ether oxygens (including phenoxy) is 2. The summed E-state index contributed by atoms with van der Waals surface area (Å²) in [7, 11) is 0. The van der Waals surface area contributed by atoms with Crippen LogP contribution >= 0.6 is 0 Å². The molecular formula is C98H102F4N2O3. The van der Waals surface area contributed by atoms with Gasteiger partial charge >= 0.3 is 0 Å². The number of alkyl halides is 1. The average Bonchev–Trinajstić information content (AvgIpc) is 1.55. The van der Waals surface area contributed by atoms with Crippen molar-refractivity contribution in [1.29, 1.82) is 0 Å². The molecule has 0 saturated carbocycles. The van der Waals surface area contributed by atoms with Crippen molar-refractivity contribution in [2.24, 2.45) is 45.8 Å². The van der Waals surface area contributed by atoms with Gasteiger partial charge in [-0.25, -0.2) is 17.6 Å². The number of benzene rings is 3. The lowest BCUT2D eigenvalue weighted by atomic mass is 9.56. The van der Waals surface area contributed by atoms with Gasteiger partial charge in [0.05, 0.1) is 11.5 Å². The van der Waals surface area contributed by atoms with E-state index < -0.39 is 34.5 Å². The number of nitrogens with zero attached hydrogens (tertiary/aromatic N) is 2. The Labute approximate surface area is 631 Å². The number of fused-ring (bicyclic) bond motifs is 7. The Morgan fingerprint density at radius 1 is 0.673 bits per heavy atom. The molecule has 0 saturated heterocycles. The maximum absolute atomic E-state index is 16.2. The highest BCUT2D eigenvalue weighted by atomic mass is 19.2. The topological polar surface area (TPSA) is 38.1 Å². The summed E-state index contributed by atoms with van der Waals surface area (Å²) in [6.07, 6.45) is 62.4. The van der Waals surface area contributed by atoms with E-state index in [2.05, 4.69) is 222 Å². The number of hydrogen-bond acceptors (Lipinski definition) is 5. The molecule has 5 nitrogen and oxygen atoms in total. The maximum Gasteiger partial charge on any atom is 0.155 e. The highest BCUT2D eigenvalue weighted by molar-refractivity contribution is 5.92. The molecule has 0 bridgehead atoms. The fourth-order valence-corrected chi connectivity index (χ4v) is 20.8. The van der Waals surface area contributed by atoms with Crippen LogP contribution in [0.5, 0.6) is 5.75 Å². The summed E-state index contributed by atoms with van der Waals surface area (Å²) in [5.74, 6) is 2.86. The number of furan rings is 1. The third-order valence-electron chi connectivity index (χ3n) is 26.4. The van der Waals surface area contributed by atoms with E-state index in [9.17, 15) is 0 Å². The molecule has 0 aliphatic heterocycles. The first-order valence-electron chi connectivity index (χ1n) is 39.9. The summed E-state index contributed by atoms with van der Waals surface area (Å²) in [5, 5.41) is 0.959. The first-order chi connectivity index (χ1) is 51.8. The van der Waals surface area contributed by atoms with Crippen molar-refractivity contribution in [3.8, 4) is 5.75 Å². The van der Waals surface area contributed by atoms with Crippen LogP contribution in [0.4, 0.5) is 23.2 Å². The fourth-order valence-electron chi connectivity index (χ4n) is 20.8. The second kappa shape index (κ2) is 28.2. The Morgan fingerprint density at radius 2 is 1.48 bits per heavy atom. The molecule has 4 aromatic rings. The van der Waals surface area contributed by atoms with Crippen LogP contribution in [0.1, 0.15) is 185 Å². The molecule has 9 heteroatoms. The Morgan fingerprint density at radius 3 is 2.18 bits per heavy atom. The van der Waals surface area contributed by atoms with Gasteiger partial charge in [-0.3, -0.25) is 0 Å². The number of rotatable bonds is 16. The molecule has 0 fully saturated rings. The quantitative estimate of drug-likeness (QED) is 0.0826. The SMILES string of the molecule is C=Cc1ccc(OC2=CC=C(C3(C4=CCC(C(C)(C)C)C=C4)C4=C(CCC(N(C5C=Cc6c(oc7cc(N(C8=CCC(F)C(F)=C8)C8=CC9C(CC8)c8ccccc8C9(C8=CCC(C(C)(C)C)C=C8)C8C=CC(OC9=CCC(C=C)C=C9)CC8)ccc67)C5)C5CCC(F)=C(F)C5)=C4)C4=C3CCC=C4)CC2)cc1. The van der Waals surface area contributed by atoms with E-state index in [0.29, 0.717) is 48.3 Å². The number of anilines is 1. The summed E-state index contributed by atoms with van der Waals surface area (Å²) in [6, 6.07) is 23.1. The highest BCUT2D eigenvalue weighted by Gasteiger charge is 2.58. The maximum atomic E-state index is 16.2. The summed E-state index contributed by atoms with van der Waals surface area (Å²) < 4.78 is 83.9. The first-order valence-corrected chi connectivity index (χ1v) is 39.9. The molecule has 13 aliphatic carbocycles. The Bertz CT molecular complexity index is 4910. The third-order valence-corrected chi connectivity index (χ3v) is 26.4. The van der Waals surface area contributed by atoms with E-state index in [-0.39, 0.29) is 66.0 Å². The van der Waals surface area contributed by atoms with Crippen molar-refractivity contribution in [2.75, 3.05) is 4.90 Å². The minimum atomic E-state index is -1.72. The molecule has 107 heavy (non-hydrogen) atoms. The smallest absolute Gasteiger partial charge is 0.155 e. The van der Waals surface area contributed by atoms with Crippen molar-refractivity contribution in [3.63, 3.8) is 0 Å². The van der Waals surface area contributed by atoms with Gasteiger partial charge in [0, 0.05) is 83.4 Å². The molecule has 0 N–H and O–H groups in total. The summed E-state index contributed by atoms with van der Waals surface area (Å²) in [4.78, 5) is 4.67. The van der Waals surface area contributed by atoms with E-state index >= 15 is 17.6 Å². The van der Waals surface area contributed by atoms with Crippen molar-refractivity contribution < 1.29 is 31.5 Å². The van der Waals surface area contributed by atoms with Gasteiger partial charge in [0.2, 0.25) is 0 Å². The lowest BCUT2D eigenvalue weighted by Crippen LogP contribution is -2.45.